The molecule has 0 spiro atoms. The Morgan fingerprint density at radius 2 is 1.85 bits per heavy atom. The van der Waals surface area contributed by atoms with E-state index in [1.54, 1.807) is 6.20 Å². The summed E-state index contributed by atoms with van der Waals surface area (Å²) in [4.78, 5) is 16.5. The van der Waals surface area contributed by atoms with Crippen LogP contribution in [-0.2, 0) is 14.8 Å². The minimum Gasteiger partial charge on any atom is -0.484 e. The summed E-state index contributed by atoms with van der Waals surface area (Å²) in [5.41, 5.74) is 1.78. The number of hydrogen-bond acceptors (Lipinski definition) is 6. The fourth-order valence-corrected chi connectivity index (χ4v) is 4.47. The van der Waals surface area contributed by atoms with Crippen LogP contribution in [0.3, 0.4) is 0 Å². The SMILES string of the molecule is CC(C)CNS(=O)(=O)c1ccc(OCC(=O)NCCCNc2ccnc3cc(Cl)ccc23)cc1. The second kappa shape index (κ2) is 12.0. The molecule has 0 aliphatic heterocycles. The Kier molecular flexibility index (Phi) is 9.09. The largest absolute Gasteiger partial charge is 0.484 e. The van der Waals surface area contributed by atoms with Crippen molar-refractivity contribution in [1.82, 2.24) is 15.0 Å². The predicted octanol–water partition coefficient (Wildman–Crippen LogP) is 3.82. The zero-order chi connectivity index (χ0) is 24.6. The van der Waals surface area contributed by atoms with Gasteiger partial charge in [-0.15, -0.1) is 0 Å². The van der Waals surface area contributed by atoms with Gasteiger partial charge in [-0.1, -0.05) is 25.4 Å². The molecule has 0 bridgehead atoms. The van der Waals surface area contributed by atoms with Crippen LogP contribution in [0.4, 0.5) is 5.69 Å². The van der Waals surface area contributed by atoms with E-state index in [0.717, 1.165) is 23.0 Å². The fraction of sp³-hybridized carbons (Fsp3) is 0.333. The highest BCUT2D eigenvalue weighted by molar-refractivity contribution is 7.89. The third-order valence-electron chi connectivity index (χ3n) is 4.88. The molecule has 3 N–H and O–H groups in total. The first-order valence-electron chi connectivity index (χ1n) is 11.0. The van der Waals surface area contributed by atoms with Gasteiger partial charge < -0.3 is 15.4 Å². The van der Waals surface area contributed by atoms with Gasteiger partial charge in [-0.2, -0.15) is 0 Å². The van der Waals surface area contributed by atoms with E-state index >= 15 is 0 Å². The lowest BCUT2D eigenvalue weighted by Crippen LogP contribution is -2.30. The summed E-state index contributed by atoms with van der Waals surface area (Å²) in [6.45, 7) is 5.23. The van der Waals surface area contributed by atoms with Crippen LogP contribution in [0.1, 0.15) is 20.3 Å². The van der Waals surface area contributed by atoms with Crippen molar-refractivity contribution in [1.29, 1.82) is 0 Å². The van der Waals surface area contributed by atoms with E-state index in [9.17, 15) is 13.2 Å². The van der Waals surface area contributed by atoms with Gasteiger partial charge in [-0.25, -0.2) is 13.1 Å². The molecule has 34 heavy (non-hydrogen) atoms. The molecule has 1 heterocycles. The molecule has 1 amide bonds. The van der Waals surface area contributed by atoms with Gasteiger partial charge in [0.2, 0.25) is 10.0 Å². The number of carbonyl (C=O) groups excluding carboxylic acids is 1. The number of nitrogens with one attached hydrogen (secondary N) is 3. The topological polar surface area (TPSA) is 109 Å². The highest BCUT2D eigenvalue weighted by Crippen LogP contribution is 2.24. The molecule has 3 rings (SSSR count). The molecule has 10 heteroatoms. The molecule has 0 saturated heterocycles. The number of halogens is 1. The molecule has 0 radical (unpaired) electrons. The first-order valence-corrected chi connectivity index (χ1v) is 12.9. The number of nitrogens with zero attached hydrogens (tertiary/aromatic N) is 1. The summed E-state index contributed by atoms with van der Waals surface area (Å²) in [6.07, 6.45) is 2.45. The number of rotatable bonds is 12. The molecule has 8 nitrogen and oxygen atoms in total. The molecule has 0 saturated carbocycles. The van der Waals surface area contributed by atoms with Gasteiger partial charge >= 0.3 is 0 Å². The van der Waals surface area contributed by atoms with Crippen molar-refractivity contribution in [3.05, 3.63) is 59.8 Å². The Bertz CT molecular complexity index is 1220. The van der Waals surface area contributed by atoms with Crippen molar-refractivity contribution in [2.75, 3.05) is 31.6 Å². The van der Waals surface area contributed by atoms with Crippen molar-refractivity contribution >= 4 is 44.1 Å². The molecule has 0 aliphatic carbocycles. The first kappa shape index (κ1) is 25.7. The summed E-state index contributed by atoms with van der Waals surface area (Å²) >= 11 is 6.02. The van der Waals surface area contributed by atoms with Crippen LogP contribution in [0.25, 0.3) is 10.9 Å². The van der Waals surface area contributed by atoms with Crippen LogP contribution in [0, 0.1) is 5.92 Å². The molecule has 182 valence electrons. The third-order valence-corrected chi connectivity index (χ3v) is 6.56. The standard InChI is InChI=1S/C24H29ClN4O4S/c1-17(2)15-29-34(31,32)20-7-5-19(6-8-20)33-16-24(30)28-12-3-11-26-22-10-13-27-23-14-18(25)4-9-21(22)23/h4-10,13-14,17,29H,3,11-12,15-16H2,1-2H3,(H,26,27)(H,28,30). The Morgan fingerprint density at radius 3 is 2.59 bits per heavy atom. The van der Waals surface area contributed by atoms with Gasteiger partial charge in [0, 0.05) is 41.9 Å². The van der Waals surface area contributed by atoms with Crippen LogP contribution < -0.4 is 20.1 Å². The second-order valence-electron chi connectivity index (χ2n) is 8.16. The van der Waals surface area contributed by atoms with Crippen molar-refractivity contribution in [3.8, 4) is 5.75 Å². The molecule has 3 aromatic rings. The molecule has 1 aromatic heterocycles. The molecule has 0 aliphatic rings. The first-order chi connectivity index (χ1) is 16.2. The van der Waals surface area contributed by atoms with E-state index in [4.69, 9.17) is 16.3 Å². The number of benzene rings is 2. The van der Waals surface area contributed by atoms with Gasteiger partial charge in [-0.3, -0.25) is 9.78 Å². The van der Waals surface area contributed by atoms with E-state index in [0.29, 0.717) is 30.4 Å². The monoisotopic (exact) mass is 504 g/mol. The average molecular weight is 505 g/mol. The smallest absolute Gasteiger partial charge is 0.257 e. The number of fused-ring (bicyclic) bond motifs is 1. The van der Waals surface area contributed by atoms with Crippen LogP contribution in [0.2, 0.25) is 5.02 Å². The molecule has 0 fully saturated rings. The summed E-state index contributed by atoms with van der Waals surface area (Å²) in [7, 11) is -3.56. The number of ether oxygens (including phenoxy) is 1. The minimum atomic E-state index is -3.56. The number of carbonyl (C=O) groups is 1. The van der Waals surface area contributed by atoms with Crippen molar-refractivity contribution < 1.29 is 17.9 Å². The van der Waals surface area contributed by atoms with Crippen LogP contribution in [0.15, 0.2) is 59.6 Å². The van der Waals surface area contributed by atoms with Gasteiger partial charge in [0.25, 0.3) is 5.91 Å². The zero-order valence-corrected chi connectivity index (χ0v) is 20.7. The number of pyridine rings is 1. The van der Waals surface area contributed by atoms with Crippen LogP contribution in [0.5, 0.6) is 5.75 Å². The number of hydrogen-bond donors (Lipinski definition) is 3. The number of anilines is 1. The molecule has 0 atom stereocenters. The molecular weight excluding hydrogens is 476 g/mol. The third kappa shape index (κ3) is 7.58. The van der Waals surface area contributed by atoms with E-state index in [-0.39, 0.29) is 23.3 Å². The van der Waals surface area contributed by atoms with Gasteiger partial charge in [0.15, 0.2) is 6.61 Å². The van der Waals surface area contributed by atoms with Crippen LogP contribution >= 0.6 is 11.6 Å². The highest BCUT2D eigenvalue weighted by atomic mass is 35.5. The average Bonchev–Trinajstić information content (AvgIpc) is 2.81. The summed E-state index contributed by atoms with van der Waals surface area (Å²) < 4.78 is 32.5. The van der Waals surface area contributed by atoms with Crippen LogP contribution in [-0.4, -0.2) is 45.6 Å². The summed E-state index contributed by atoms with van der Waals surface area (Å²) in [5, 5.41) is 7.78. The molecule has 2 aromatic carbocycles. The van der Waals surface area contributed by atoms with Crippen molar-refractivity contribution in [2.24, 2.45) is 5.92 Å². The maximum atomic E-state index is 12.2. The Morgan fingerprint density at radius 1 is 1.09 bits per heavy atom. The minimum absolute atomic E-state index is 0.152. The van der Waals surface area contributed by atoms with E-state index in [2.05, 4.69) is 20.3 Å². The maximum Gasteiger partial charge on any atom is 0.257 e. The number of amides is 1. The van der Waals surface area contributed by atoms with Crippen molar-refractivity contribution in [3.63, 3.8) is 0 Å². The lowest BCUT2D eigenvalue weighted by molar-refractivity contribution is -0.123. The predicted molar refractivity (Wildman–Crippen MR) is 135 cm³/mol. The van der Waals surface area contributed by atoms with Gasteiger partial charge in [-0.05, 0) is 60.9 Å². The van der Waals surface area contributed by atoms with E-state index in [1.807, 2.05) is 38.1 Å². The quantitative estimate of drug-likeness (QED) is 0.323. The number of aromatic nitrogens is 1. The Labute approximate surface area is 205 Å². The van der Waals surface area contributed by atoms with E-state index in [1.165, 1.54) is 24.3 Å². The molecule has 0 unspecified atom stereocenters. The Hall–Kier alpha value is -2.88. The number of sulfonamides is 1. The maximum absolute atomic E-state index is 12.2. The van der Waals surface area contributed by atoms with Crippen molar-refractivity contribution in [2.45, 2.75) is 25.2 Å². The summed E-state index contributed by atoms with van der Waals surface area (Å²) in [6, 6.07) is 13.5. The van der Waals surface area contributed by atoms with Gasteiger partial charge in [0.1, 0.15) is 5.75 Å². The highest BCUT2D eigenvalue weighted by Gasteiger charge is 2.14. The lowest BCUT2D eigenvalue weighted by atomic mass is 10.2. The van der Waals surface area contributed by atoms with Gasteiger partial charge in [0.05, 0.1) is 10.4 Å². The Balaban J connectivity index is 1.37. The lowest BCUT2D eigenvalue weighted by Gasteiger charge is -2.11. The summed E-state index contributed by atoms with van der Waals surface area (Å²) in [5.74, 6) is 0.380. The normalized spacial score (nSPS) is 11.5. The van der Waals surface area contributed by atoms with E-state index < -0.39 is 10.0 Å². The second-order valence-corrected chi connectivity index (χ2v) is 10.4. The fourth-order valence-electron chi connectivity index (χ4n) is 3.09. The zero-order valence-electron chi connectivity index (χ0n) is 19.2. The molecular formula is C24H29ClN4O4S.